The minimum Gasteiger partial charge on any atom is -0.381 e. The first-order valence-corrected chi connectivity index (χ1v) is 13.3. The molecule has 2 aromatic heterocycles. The zero-order chi connectivity index (χ0) is 27.4. The Morgan fingerprint density at radius 2 is 2.15 bits per heavy atom. The van der Waals surface area contributed by atoms with Crippen molar-refractivity contribution in [2.24, 2.45) is 5.92 Å². The molecule has 3 aliphatic rings. The van der Waals surface area contributed by atoms with Crippen molar-refractivity contribution in [3.8, 4) is 6.07 Å². The summed E-state index contributed by atoms with van der Waals surface area (Å²) in [4.78, 5) is 49.5. The Morgan fingerprint density at radius 3 is 2.92 bits per heavy atom. The molecule has 11 heteroatoms. The molecule has 2 aromatic rings. The van der Waals surface area contributed by atoms with Crippen LogP contribution in [0.5, 0.6) is 0 Å². The number of morpholine rings is 1. The number of hydrogen-bond donors (Lipinski definition) is 1. The number of nitriles is 1. The van der Waals surface area contributed by atoms with E-state index in [0.29, 0.717) is 67.5 Å². The van der Waals surface area contributed by atoms with Crippen molar-refractivity contribution in [1.29, 1.82) is 5.26 Å². The Kier molecular flexibility index (Phi) is 8.14. The molecule has 2 atom stereocenters. The number of nitrogens with one attached hydrogen (secondary N) is 1. The van der Waals surface area contributed by atoms with Gasteiger partial charge in [-0.05, 0) is 61.3 Å². The largest absolute Gasteiger partial charge is 0.381 e. The number of aldehydes is 1. The zero-order valence-corrected chi connectivity index (χ0v) is 22.0. The van der Waals surface area contributed by atoms with Crippen LogP contribution in [0.3, 0.4) is 0 Å². The van der Waals surface area contributed by atoms with Crippen molar-refractivity contribution in [2.45, 2.75) is 51.2 Å². The summed E-state index contributed by atoms with van der Waals surface area (Å²) in [5.74, 6) is 0.971. The molecule has 4 heterocycles. The van der Waals surface area contributed by atoms with E-state index in [4.69, 9.17) is 9.47 Å². The summed E-state index contributed by atoms with van der Waals surface area (Å²) in [6, 6.07) is 5.44. The average molecular weight is 533 g/mol. The summed E-state index contributed by atoms with van der Waals surface area (Å²) >= 11 is 0. The van der Waals surface area contributed by atoms with Crippen molar-refractivity contribution in [1.82, 2.24) is 14.9 Å². The second kappa shape index (κ2) is 11.9. The van der Waals surface area contributed by atoms with Gasteiger partial charge in [-0.3, -0.25) is 19.8 Å². The van der Waals surface area contributed by atoms with Gasteiger partial charge >= 0.3 is 6.03 Å². The number of hydrogen-bond acceptors (Lipinski definition) is 8. The van der Waals surface area contributed by atoms with Crippen LogP contribution in [0.15, 0.2) is 18.3 Å². The highest BCUT2D eigenvalue weighted by molar-refractivity contribution is 6.01. The van der Waals surface area contributed by atoms with Gasteiger partial charge < -0.3 is 14.4 Å². The van der Waals surface area contributed by atoms with E-state index in [2.05, 4.69) is 21.4 Å². The Bertz CT molecular complexity index is 1310. The molecule has 5 rings (SSSR count). The normalized spacial score (nSPS) is 20.9. The van der Waals surface area contributed by atoms with E-state index in [-0.39, 0.29) is 30.9 Å². The second-order valence-electron chi connectivity index (χ2n) is 10.2. The van der Waals surface area contributed by atoms with E-state index in [9.17, 15) is 19.6 Å². The fourth-order valence-corrected chi connectivity index (χ4v) is 5.75. The molecule has 0 bridgehead atoms. The van der Waals surface area contributed by atoms with Gasteiger partial charge in [-0.15, -0.1) is 0 Å². The van der Waals surface area contributed by atoms with E-state index in [1.165, 1.54) is 11.1 Å². The second-order valence-corrected chi connectivity index (χ2v) is 10.2. The van der Waals surface area contributed by atoms with Gasteiger partial charge in [-0.25, -0.2) is 14.8 Å². The lowest BCUT2D eigenvalue weighted by atomic mass is 9.94. The molecule has 0 spiro atoms. The maximum atomic E-state index is 13.4. The predicted molar refractivity (Wildman–Crippen MR) is 141 cm³/mol. The van der Waals surface area contributed by atoms with Crippen molar-refractivity contribution in [3.63, 3.8) is 0 Å². The monoisotopic (exact) mass is 532 g/mol. The smallest absolute Gasteiger partial charge is 0.328 e. The number of rotatable bonds is 7. The first kappa shape index (κ1) is 26.7. The highest BCUT2D eigenvalue weighted by Gasteiger charge is 2.30. The average Bonchev–Trinajstić information content (AvgIpc) is 3.40. The van der Waals surface area contributed by atoms with E-state index in [1.807, 2.05) is 6.07 Å². The first-order valence-electron chi connectivity index (χ1n) is 13.3. The zero-order valence-electron chi connectivity index (χ0n) is 22.0. The number of carbonyl (C=O) groups is 3. The summed E-state index contributed by atoms with van der Waals surface area (Å²) in [6.07, 6.45) is 7.56. The van der Waals surface area contributed by atoms with Crippen LogP contribution < -0.4 is 10.2 Å². The molecule has 1 aliphatic carbocycles. The van der Waals surface area contributed by atoms with Crippen LogP contribution in [-0.2, 0) is 33.7 Å². The third kappa shape index (κ3) is 5.77. The van der Waals surface area contributed by atoms with Gasteiger partial charge in [0.15, 0.2) is 6.29 Å². The van der Waals surface area contributed by atoms with E-state index in [1.54, 1.807) is 18.1 Å². The number of fused-ring (bicyclic) bond motifs is 1. The number of ether oxygens (including phenoxy) is 2. The molecule has 1 saturated carbocycles. The summed E-state index contributed by atoms with van der Waals surface area (Å²) in [6.45, 7) is 1.64. The summed E-state index contributed by atoms with van der Waals surface area (Å²) in [5.41, 5.74) is 3.02. The highest BCUT2D eigenvalue weighted by atomic mass is 16.5. The number of carbonyl (C=O) groups excluding carboxylic acids is 3. The van der Waals surface area contributed by atoms with Gasteiger partial charge in [0, 0.05) is 38.5 Å². The molecule has 2 fully saturated rings. The topological polar surface area (TPSA) is 138 Å². The number of nitrogens with zero attached hydrogens (tertiary/aromatic N) is 5. The molecule has 2 aliphatic heterocycles. The van der Waals surface area contributed by atoms with Gasteiger partial charge in [0.2, 0.25) is 5.91 Å². The fourth-order valence-electron chi connectivity index (χ4n) is 5.75. The molecule has 3 amide bonds. The molecule has 204 valence electrons. The maximum absolute atomic E-state index is 13.4. The van der Waals surface area contributed by atoms with Crippen LogP contribution in [0.2, 0.25) is 0 Å². The van der Waals surface area contributed by atoms with Gasteiger partial charge in [-0.1, -0.05) is 6.42 Å². The van der Waals surface area contributed by atoms with Crippen molar-refractivity contribution < 1.29 is 23.9 Å². The highest BCUT2D eigenvalue weighted by Crippen LogP contribution is 2.32. The lowest BCUT2D eigenvalue weighted by Gasteiger charge is -2.31. The van der Waals surface area contributed by atoms with Crippen LogP contribution in [0.4, 0.5) is 16.4 Å². The van der Waals surface area contributed by atoms with E-state index < -0.39 is 6.03 Å². The Morgan fingerprint density at radius 1 is 1.28 bits per heavy atom. The lowest BCUT2D eigenvalue weighted by molar-refractivity contribution is -0.143. The number of amides is 3. The summed E-state index contributed by atoms with van der Waals surface area (Å²) in [7, 11) is 1.72. The summed E-state index contributed by atoms with van der Waals surface area (Å²) in [5, 5.41) is 12.5. The molecular formula is C28H32N6O5. The van der Waals surface area contributed by atoms with E-state index in [0.717, 1.165) is 36.8 Å². The van der Waals surface area contributed by atoms with Crippen LogP contribution >= 0.6 is 0 Å². The number of pyridine rings is 2. The molecule has 0 unspecified atom stereocenters. The number of urea groups is 1. The first-order chi connectivity index (χ1) is 19.0. The minimum atomic E-state index is -0.407. The molecular weight excluding hydrogens is 500 g/mol. The Hall–Kier alpha value is -3.88. The minimum absolute atomic E-state index is 0.0292. The molecule has 1 saturated heterocycles. The quantitative estimate of drug-likeness (QED) is 0.538. The number of aryl methyl sites for hydroxylation is 1. The van der Waals surface area contributed by atoms with Crippen LogP contribution in [0, 0.1) is 17.2 Å². The third-order valence-corrected chi connectivity index (χ3v) is 7.80. The van der Waals surface area contributed by atoms with Gasteiger partial charge in [0.25, 0.3) is 0 Å². The SMILES string of the molecule is CO[C@H]1CCC[C@@H]1Cc1cc(NC(=O)N2CCCc3cc(CN4CCOCC4=O)c(C=O)nc32)ncc1C#N. The lowest BCUT2D eigenvalue weighted by Crippen LogP contribution is -2.42. The number of anilines is 2. The van der Waals surface area contributed by atoms with Gasteiger partial charge in [-0.2, -0.15) is 5.26 Å². The number of methoxy groups -OCH3 is 1. The molecule has 1 N–H and O–H groups in total. The van der Waals surface area contributed by atoms with Crippen LogP contribution in [0.1, 0.15) is 58.4 Å². The molecule has 0 radical (unpaired) electrons. The molecule has 0 aromatic carbocycles. The Balaban J connectivity index is 1.35. The van der Waals surface area contributed by atoms with Crippen molar-refractivity contribution >= 4 is 29.9 Å². The van der Waals surface area contributed by atoms with Crippen molar-refractivity contribution in [2.75, 3.05) is 43.6 Å². The molecule has 39 heavy (non-hydrogen) atoms. The predicted octanol–water partition coefficient (Wildman–Crippen LogP) is 2.86. The van der Waals surface area contributed by atoms with Crippen molar-refractivity contribution in [3.05, 3.63) is 46.3 Å². The van der Waals surface area contributed by atoms with Gasteiger partial charge in [0.1, 0.15) is 30.0 Å². The number of aromatic nitrogens is 2. The maximum Gasteiger partial charge on any atom is 0.328 e. The van der Waals surface area contributed by atoms with Crippen LogP contribution in [0.25, 0.3) is 0 Å². The molecule has 11 nitrogen and oxygen atoms in total. The van der Waals surface area contributed by atoms with Gasteiger partial charge in [0.05, 0.1) is 18.3 Å². The fraction of sp³-hybridized carbons (Fsp3) is 0.500. The van der Waals surface area contributed by atoms with Crippen LogP contribution in [-0.4, -0.2) is 72.6 Å². The standard InChI is InChI=1S/C28H32N6O5/c1-38-24-6-2-4-18(24)10-20-12-25(30-14-22(20)13-29)32-28(37)34-7-3-5-19-11-21(23(16-35)31-27(19)34)15-33-8-9-39-17-26(33)36/h11-12,14,16,18,24H,2-10,15,17H2,1H3,(H,30,32,37)/t18-,24+/m1/s1. The third-order valence-electron chi connectivity index (χ3n) is 7.80. The Labute approximate surface area is 227 Å². The van der Waals surface area contributed by atoms with E-state index >= 15 is 0 Å². The summed E-state index contributed by atoms with van der Waals surface area (Å²) < 4.78 is 10.8.